The summed E-state index contributed by atoms with van der Waals surface area (Å²) in [5, 5.41) is 9.30. The minimum Gasteiger partial charge on any atom is -0.478 e. The maximum Gasteiger partial charge on any atom is 0.416 e. The number of benzene rings is 2. The third kappa shape index (κ3) is 4.81. The van der Waals surface area contributed by atoms with Crippen LogP contribution < -0.4 is 9.64 Å². The highest BCUT2D eigenvalue weighted by Crippen LogP contribution is 2.32. The number of aryl methyl sites for hydroxylation is 2. The van der Waals surface area contributed by atoms with Gasteiger partial charge in [-0.15, -0.1) is 0 Å². The number of hydrogen-bond acceptors (Lipinski definition) is 3. The smallest absolute Gasteiger partial charge is 0.416 e. The standard InChI is InChI=1S/C23H25F3N2O4/c1-14-11-16(12-15(2)19(14)32-22(3,4)20(29)30)13-27-9-10-28(21(27)31)18-7-5-17(6-8-18)23(24,25)26/h5-8,11-12H,9-10,13H2,1-4H3,(H,29,30). The molecule has 2 amide bonds. The number of carbonyl (C=O) groups excluding carboxylic acids is 1. The van der Waals surface area contributed by atoms with Crippen molar-refractivity contribution in [2.45, 2.75) is 46.0 Å². The molecule has 1 aliphatic rings. The molecule has 6 nitrogen and oxygen atoms in total. The van der Waals surface area contributed by atoms with Crippen LogP contribution in [-0.2, 0) is 17.5 Å². The number of anilines is 1. The zero-order valence-corrected chi connectivity index (χ0v) is 18.3. The van der Waals surface area contributed by atoms with E-state index >= 15 is 0 Å². The Kier molecular flexibility index (Phi) is 6.13. The van der Waals surface area contributed by atoms with E-state index in [0.29, 0.717) is 31.1 Å². The highest BCUT2D eigenvalue weighted by Gasteiger charge is 2.33. The van der Waals surface area contributed by atoms with Crippen LogP contribution in [0.2, 0.25) is 0 Å². The van der Waals surface area contributed by atoms with Crippen LogP contribution in [0.1, 0.15) is 36.1 Å². The fourth-order valence-corrected chi connectivity index (χ4v) is 3.61. The van der Waals surface area contributed by atoms with Crippen molar-refractivity contribution in [2.75, 3.05) is 18.0 Å². The van der Waals surface area contributed by atoms with Gasteiger partial charge in [-0.25, -0.2) is 9.59 Å². The summed E-state index contributed by atoms with van der Waals surface area (Å²) in [6.45, 7) is 7.69. The minimum absolute atomic E-state index is 0.285. The van der Waals surface area contributed by atoms with Crippen LogP contribution in [0.25, 0.3) is 0 Å². The molecule has 172 valence electrons. The van der Waals surface area contributed by atoms with E-state index < -0.39 is 23.3 Å². The number of urea groups is 1. The van der Waals surface area contributed by atoms with Crippen LogP contribution >= 0.6 is 0 Å². The number of rotatable bonds is 6. The van der Waals surface area contributed by atoms with Crippen molar-refractivity contribution in [2.24, 2.45) is 0 Å². The van der Waals surface area contributed by atoms with Crippen molar-refractivity contribution >= 4 is 17.7 Å². The Labute approximate surface area is 184 Å². The van der Waals surface area contributed by atoms with Gasteiger partial charge in [0.05, 0.1) is 5.56 Å². The molecule has 0 atom stereocenters. The SMILES string of the molecule is Cc1cc(CN2CCN(c3ccc(C(F)(F)F)cc3)C2=O)cc(C)c1OC(C)(C)C(=O)O. The van der Waals surface area contributed by atoms with E-state index in [-0.39, 0.29) is 6.03 Å². The van der Waals surface area contributed by atoms with Gasteiger partial charge in [0.1, 0.15) is 5.75 Å². The molecule has 0 aromatic heterocycles. The van der Waals surface area contributed by atoms with Crippen LogP contribution in [0.5, 0.6) is 5.75 Å². The lowest BCUT2D eigenvalue weighted by Gasteiger charge is -2.25. The van der Waals surface area contributed by atoms with Crippen molar-refractivity contribution in [3.8, 4) is 5.75 Å². The summed E-state index contributed by atoms with van der Waals surface area (Å²) in [6.07, 6.45) is -4.43. The molecule has 1 fully saturated rings. The quantitative estimate of drug-likeness (QED) is 0.672. The second kappa shape index (κ2) is 8.37. The van der Waals surface area contributed by atoms with Gasteiger partial charge in [0.25, 0.3) is 0 Å². The van der Waals surface area contributed by atoms with Gasteiger partial charge in [0, 0.05) is 25.3 Å². The van der Waals surface area contributed by atoms with Gasteiger partial charge in [-0.3, -0.25) is 4.90 Å². The summed E-state index contributed by atoms with van der Waals surface area (Å²) >= 11 is 0. The molecular formula is C23H25F3N2O4. The topological polar surface area (TPSA) is 70.1 Å². The number of amides is 2. The molecule has 32 heavy (non-hydrogen) atoms. The van der Waals surface area contributed by atoms with Gasteiger partial charge in [0.2, 0.25) is 0 Å². The first-order valence-corrected chi connectivity index (χ1v) is 10.1. The second-order valence-corrected chi connectivity index (χ2v) is 8.38. The molecule has 3 rings (SSSR count). The molecule has 0 spiro atoms. The Morgan fingerprint density at radius 1 is 1.06 bits per heavy atom. The number of halogens is 3. The Morgan fingerprint density at radius 3 is 2.12 bits per heavy atom. The van der Waals surface area contributed by atoms with Gasteiger partial charge < -0.3 is 14.7 Å². The number of ether oxygens (including phenoxy) is 1. The average Bonchev–Trinajstić information content (AvgIpc) is 3.04. The molecule has 2 aromatic rings. The molecule has 0 unspecified atom stereocenters. The predicted octanol–water partition coefficient (Wildman–Crippen LogP) is 5.01. The molecule has 1 N–H and O–H groups in total. The molecule has 0 saturated carbocycles. The third-order valence-electron chi connectivity index (χ3n) is 5.37. The van der Waals surface area contributed by atoms with Crippen LogP contribution in [-0.4, -0.2) is 40.7 Å². The summed E-state index contributed by atoms with van der Waals surface area (Å²) in [4.78, 5) is 27.3. The van der Waals surface area contributed by atoms with Gasteiger partial charge >= 0.3 is 18.2 Å². The number of carboxylic acid groups (broad SMARTS) is 1. The van der Waals surface area contributed by atoms with Gasteiger partial charge in [-0.05, 0) is 68.7 Å². The number of carbonyl (C=O) groups is 2. The van der Waals surface area contributed by atoms with E-state index in [9.17, 15) is 27.9 Å². The van der Waals surface area contributed by atoms with E-state index in [1.807, 2.05) is 26.0 Å². The molecule has 0 bridgehead atoms. The molecular weight excluding hydrogens is 425 g/mol. The molecule has 0 radical (unpaired) electrons. The molecule has 1 saturated heterocycles. The zero-order chi connectivity index (χ0) is 23.8. The lowest BCUT2D eigenvalue weighted by atomic mass is 10.0. The Bertz CT molecular complexity index is 1010. The predicted molar refractivity (Wildman–Crippen MR) is 113 cm³/mol. The number of aliphatic carboxylic acids is 1. The van der Waals surface area contributed by atoms with Crippen LogP contribution in [0, 0.1) is 13.8 Å². The summed E-state index contributed by atoms with van der Waals surface area (Å²) in [5.41, 5.74) is 0.621. The number of alkyl halides is 3. The number of nitrogens with zero attached hydrogens (tertiary/aromatic N) is 2. The summed E-state index contributed by atoms with van der Waals surface area (Å²) in [7, 11) is 0. The van der Waals surface area contributed by atoms with Crippen molar-refractivity contribution in [3.05, 3.63) is 58.7 Å². The van der Waals surface area contributed by atoms with Crippen molar-refractivity contribution in [3.63, 3.8) is 0 Å². The molecule has 0 aliphatic carbocycles. The van der Waals surface area contributed by atoms with E-state index in [4.69, 9.17) is 4.74 Å². The first kappa shape index (κ1) is 23.4. The van der Waals surface area contributed by atoms with Gasteiger partial charge in [-0.2, -0.15) is 13.2 Å². The Hall–Kier alpha value is -3.23. The molecule has 1 heterocycles. The lowest BCUT2D eigenvalue weighted by Crippen LogP contribution is -2.38. The highest BCUT2D eigenvalue weighted by atomic mass is 19.4. The fraction of sp³-hybridized carbons (Fsp3) is 0.391. The Balaban J connectivity index is 1.73. The fourth-order valence-electron chi connectivity index (χ4n) is 3.61. The van der Waals surface area contributed by atoms with Crippen LogP contribution in [0.15, 0.2) is 36.4 Å². The van der Waals surface area contributed by atoms with Crippen LogP contribution in [0.3, 0.4) is 0 Å². The second-order valence-electron chi connectivity index (χ2n) is 8.38. The summed E-state index contributed by atoms with van der Waals surface area (Å²) < 4.78 is 44.0. The van der Waals surface area contributed by atoms with E-state index in [1.54, 1.807) is 4.90 Å². The maximum absolute atomic E-state index is 12.8. The van der Waals surface area contributed by atoms with Gasteiger partial charge in [0.15, 0.2) is 5.60 Å². The third-order valence-corrected chi connectivity index (χ3v) is 5.37. The zero-order valence-electron chi connectivity index (χ0n) is 18.3. The maximum atomic E-state index is 12.8. The van der Waals surface area contributed by atoms with E-state index in [1.165, 1.54) is 30.9 Å². The highest BCUT2D eigenvalue weighted by molar-refractivity contribution is 5.94. The first-order valence-electron chi connectivity index (χ1n) is 10.1. The van der Waals surface area contributed by atoms with Crippen molar-refractivity contribution < 1.29 is 32.6 Å². The number of carboxylic acids is 1. The summed E-state index contributed by atoms with van der Waals surface area (Å²) in [6, 6.07) is 7.93. The lowest BCUT2D eigenvalue weighted by molar-refractivity contribution is -0.152. The largest absolute Gasteiger partial charge is 0.478 e. The van der Waals surface area contributed by atoms with E-state index in [0.717, 1.165) is 28.8 Å². The van der Waals surface area contributed by atoms with Gasteiger partial charge in [-0.1, -0.05) is 12.1 Å². The average molecular weight is 450 g/mol. The minimum atomic E-state index is -4.43. The first-order chi connectivity index (χ1) is 14.8. The molecule has 1 aliphatic heterocycles. The summed E-state index contributed by atoms with van der Waals surface area (Å²) in [5.74, 6) is -0.591. The van der Waals surface area contributed by atoms with Crippen molar-refractivity contribution in [1.29, 1.82) is 0 Å². The van der Waals surface area contributed by atoms with Crippen molar-refractivity contribution in [1.82, 2.24) is 4.90 Å². The molecule has 2 aromatic carbocycles. The molecule has 9 heteroatoms. The van der Waals surface area contributed by atoms with Crippen LogP contribution in [0.4, 0.5) is 23.7 Å². The monoisotopic (exact) mass is 450 g/mol. The Morgan fingerprint density at radius 2 is 1.62 bits per heavy atom. The van der Waals surface area contributed by atoms with E-state index in [2.05, 4.69) is 0 Å². The number of hydrogen-bond donors (Lipinski definition) is 1. The normalized spacial score (nSPS) is 14.8.